The van der Waals surface area contributed by atoms with Gasteiger partial charge in [-0.3, -0.25) is 24.3 Å². The minimum Gasteiger partial charge on any atom is -0.379 e. The van der Waals surface area contributed by atoms with Crippen LogP contribution in [0.1, 0.15) is 18.1 Å². The number of ether oxygens (including phenoxy) is 2. The quantitative estimate of drug-likeness (QED) is 0.355. The number of benzene rings is 1. The predicted octanol–water partition coefficient (Wildman–Crippen LogP) is 1.63. The maximum Gasteiger partial charge on any atom is 0.285 e. The summed E-state index contributed by atoms with van der Waals surface area (Å²) in [7, 11) is 0. The van der Waals surface area contributed by atoms with Crippen LogP contribution >= 0.6 is 0 Å². The summed E-state index contributed by atoms with van der Waals surface area (Å²) in [6.45, 7) is 4.05. The van der Waals surface area contributed by atoms with Crippen LogP contribution in [0, 0.1) is 10.1 Å². The Hall–Kier alpha value is -3.04. The van der Waals surface area contributed by atoms with Crippen LogP contribution < -0.4 is 10.9 Å². The second kappa shape index (κ2) is 11.0. The van der Waals surface area contributed by atoms with E-state index in [4.69, 9.17) is 9.47 Å². The molecule has 0 spiro atoms. The highest BCUT2D eigenvalue weighted by molar-refractivity contribution is 5.75. The molecule has 1 N–H and O–H groups in total. The molecule has 150 valence electrons. The Bertz CT molecular complexity index is 865. The van der Waals surface area contributed by atoms with Crippen molar-refractivity contribution in [1.29, 1.82) is 0 Å². The lowest BCUT2D eigenvalue weighted by Gasteiger charge is -2.09. The third-order valence-electron chi connectivity index (χ3n) is 3.82. The van der Waals surface area contributed by atoms with Gasteiger partial charge >= 0.3 is 0 Å². The molecule has 28 heavy (non-hydrogen) atoms. The highest BCUT2D eigenvalue weighted by Gasteiger charge is 2.10. The third kappa shape index (κ3) is 6.93. The zero-order valence-electron chi connectivity index (χ0n) is 15.6. The first-order chi connectivity index (χ1) is 13.5. The van der Waals surface area contributed by atoms with Crippen LogP contribution in [0.15, 0.2) is 47.4 Å². The molecule has 9 heteroatoms. The number of hydrogen-bond acceptors (Lipinski definition) is 6. The minimum absolute atomic E-state index is 0.246. The van der Waals surface area contributed by atoms with Gasteiger partial charge in [0.2, 0.25) is 5.91 Å². The molecule has 0 unspecified atom stereocenters. The highest BCUT2D eigenvalue weighted by atomic mass is 16.6. The average Bonchev–Trinajstić information content (AvgIpc) is 2.68. The summed E-state index contributed by atoms with van der Waals surface area (Å²) in [5.74, 6) is -0.416. The van der Waals surface area contributed by atoms with Crippen molar-refractivity contribution in [3.63, 3.8) is 0 Å². The largest absolute Gasteiger partial charge is 0.379 e. The lowest BCUT2D eigenvalue weighted by Crippen LogP contribution is -2.31. The number of nitrogens with one attached hydrogen (secondary N) is 1. The van der Waals surface area contributed by atoms with Crippen molar-refractivity contribution in [3.05, 3.63) is 74.2 Å². The van der Waals surface area contributed by atoms with Crippen LogP contribution in [0.2, 0.25) is 0 Å². The molecule has 0 radical (unpaired) electrons. The summed E-state index contributed by atoms with van der Waals surface area (Å²) >= 11 is 0. The molecular formula is C19H23N3O6. The Morgan fingerprint density at radius 1 is 1.18 bits per heavy atom. The van der Waals surface area contributed by atoms with Crippen molar-refractivity contribution in [2.75, 3.05) is 19.8 Å². The van der Waals surface area contributed by atoms with Gasteiger partial charge in [-0.1, -0.05) is 24.3 Å². The molecule has 1 heterocycles. The fraction of sp³-hybridized carbons (Fsp3) is 0.368. The van der Waals surface area contributed by atoms with E-state index in [-0.39, 0.29) is 18.8 Å². The van der Waals surface area contributed by atoms with Gasteiger partial charge < -0.3 is 14.8 Å². The van der Waals surface area contributed by atoms with Gasteiger partial charge in [-0.2, -0.15) is 0 Å². The fourth-order valence-electron chi connectivity index (χ4n) is 2.44. The van der Waals surface area contributed by atoms with Gasteiger partial charge in [-0.25, -0.2) is 0 Å². The first-order valence-corrected chi connectivity index (χ1v) is 8.84. The molecule has 0 atom stereocenters. The van der Waals surface area contributed by atoms with Crippen LogP contribution in [-0.2, 0) is 34.0 Å². The van der Waals surface area contributed by atoms with Crippen LogP contribution in [0.25, 0.3) is 0 Å². The van der Waals surface area contributed by atoms with Gasteiger partial charge in [0.1, 0.15) is 6.54 Å². The molecule has 2 aromatic rings. The SMILES string of the molecule is CCOCCOCc1cccc(CNC(=O)Cn2cc([N+](=O)[O-])ccc2=O)c1. The van der Waals surface area contributed by atoms with Crippen LogP contribution in [0.3, 0.4) is 0 Å². The smallest absolute Gasteiger partial charge is 0.285 e. The van der Waals surface area contributed by atoms with Crippen molar-refractivity contribution in [2.24, 2.45) is 0 Å². The van der Waals surface area contributed by atoms with Crippen LogP contribution in [0.4, 0.5) is 5.69 Å². The second-order valence-corrected chi connectivity index (χ2v) is 5.96. The van der Waals surface area contributed by atoms with E-state index in [2.05, 4.69) is 5.32 Å². The summed E-state index contributed by atoms with van der Waals surface area (Å²) in [5.41, 5.74) is 1.13. The number of nitro groups is 1. The number of nitrogens with zero attached hydrogens (tertiary/aromatic N) is 2. The van der Waals surface area contributed by atoms with Gasteiger partial charge in [-0.15, -0.1) is 0 Å². The van der Waals surface area contributed by atoms with Crippen molar-refractivity contribution >= 4 is 11.6 Å². The molecule has 2 rings (SSSR count). The van der Waals surface area contributed by atoms with Crippen molar-refractivity contribution in [1.82, 2.24) is 9.88 Å². The lowest BCUT2D eigenvalue weighted by molar-refractivity contribution is -0.385. The van der Waals surface area contributed by atoms with Gasteiger partial charge in [0.05, 0.1) is 30.9 Å². The molecule has 0 aliphatic carbocycles. The number of pyridine rings is 1. The summed E-state index contributed by atoms with van der Waals surface area (Å²) in [6, 6.07) is 9.76. The minimum atomic E-state index is -0.615. The summed E-state index contributed by atoms with van der Waals surface area (Å²) in [6.07, 6.45) is 1.06. The number of aromatic nitrogens is 1. The van der Waals surface area contributed by atoms with Crippen molar-refractivity contribution in [2.45, 2.75) is 26.6 Å². The predicted molar refractivity (Wildman–Crippen MR) is 102 cm³/mol. The highest BCUT2D eigenvalue weighted by Crippen LogP contribution is 2.08. The van der Waals surface area contributed by atoms with Crippen LogP contribution in [-0.4, -0.2) is 35.2 Å². The topological polar surface area (TPSA) is 113 Å². The molecule has 0 saturated heterocycles. The fourth-order valence-corrected chi connectivity index (χ4v) is 2.44. The Morgan fingerprint density at radius 3 is 2.68 bits per heavy atom. The van der Waals surface area contributed by atoms with E-state index in [0.717, 1.165) is 34.0 Å². The van der Waals surface area contributed by atoms with E-state index < -0.39 is 16.4 Å². The van der Waals surface area contributed by atoms with Gasteiger partial charge in [-0.05, 0) is 18.1 Å². The Kier molecular flexibility index (Phi) is 8.32. The Labute approximate surface area is 162 Å². The first-order valence-electron chi connectivity index (χ1n) is 8.84. The summed E-state index contributed by atoms with van der Waals surface area (Å²) < 4.78 is 11.7. The zero-order chi connectivity index (χ0) is 20.4. The number of rotatable bonds is 11. The first kappa shape index (κ1) is 21.3. The van der Waals surface area contributed by atoms with E-state index in [1.807, 2.05) is 31.2 Å². The van der Waals surface area contributed by atoms with E-state index in [9.17, 15) is 19.7 Å². The zero-order valence-corrected chi connectivity index (χ0v) is 15.6. The van der Waals surface area contributed by atoms with E-state index in [1.165, 1.54) is 0 Å². The van der Waals surface area contributed by atoms with E-state index in [0.29, 0.717) is 26.4 Å². The molecule has 9 nitrogen and oxygen atoms in total. The molecule has 1 aromatic heterocycles. The van der Waals surface area contributed by atoms with Gasteiger partial charge in [0.25, 0.3) is 11.2 Å². The number of hydrogen-bond donors (Lipinski definition) is 1. The normalized spacial score (nSPS) is 10.6. The Balaban J connectivity index is 1.86. The summed E-state index contributed by atoms with van der Waals surface area (Å²) in [4.78, 5) is 34.0. The molecule has 0 fully saturated rings. The number of carbonyl (C=O) groups excluding carboxylic acids is 1. The molecule has 0 bridgehead atoms. The number of carbonyl (C=O) groups is 1. The monoisotopic (exact) mass is 389 g/mol. The van der Waals surface area contributed by atoms with E-state index in [1.54, 1.807) is 0 Å². The molecule has 1 amide bonds. The molecule has 1 aromatic carbocycles. The second-order valence-electron chi connectivity index (χ2n) is 5.96. The standard InChI is InChI=1S/C19H23N3O6/c1-2-27-8-9-28-14-16-5-3-4-15(10-16)11-20-18(23)13-21-12-17(22(25)26)6-7-19(21)24/h3-7,10,12H,2,8-9,11,13-14H2,1H3,(H,20,23). The molecule has 0 aliphatic heterocycles. The third-order valence-corrected chi connectivity index (χ3v) is 3.82. The maximum absolute atomic E-state index is 12.1. The number of amides is 1. The summed E-state index contributed by atoms with van der Waals surface area (Å²) in [5, 5.41) is 13.5. The van der Waals surface area contributed by atoms with Gasteiger partial charge in [0.15, 0.2) is 0 Å². The average molecular weight is 389 g/mol. The molecule has 0 saturated carbocycles. The molecular weight excluding hydrogens is 366 g/mol. The lowest BCUT2D eigenvalue weighted by atomic mass is 10.1. The van der Waals surface area contributed by atoms with Gasteiger partial charge in [0, 0.05) is 25.3 Å². The van der Waals surface area contributed by atoms with E-state index >= 15 is 0 Å². The Morgan fingerprint density at radius 2 is 1.93 bits per heavy atom. The van der Waals surface area contributed by atoms with Crippen molar-refractivity contribution in [3.8, 4) is 0 Å². The van der Waals surface area contributed by atoms with Crippen LogP contribution in [0.5, 0.6) is 0 Å². The maximum atomic E-state index is 12.1. The molecule has 0 aliphatic rings. The van der Waals surface area contributed by atoms with Crippen molar-refractivity contribution < 1.29 is 19.2 Å².